The average Bonchev–Trinajstić information content (AvgIpc) is 2.57. The number of benzene rings is 1. The number of aryl methyl sites for hydroxylation is 1. The van der Waals surface area contributed by atoms with Crippen LogP contribution in [0.4, 0.5) is 5.69 Å². The second kappa shape index (κ2) is 7.63. The van der Waals surface area contributed by atoms with Gasteiger partial charge in [-0.1, -0.05) is 19.1 Å². The van der Waals surface area contributed by atoms with Crippen LogP contribution in [0.1, 0.15) is 30.4 Å². The number of rotatable bonds is 7. The van der Waals surface area contributed by atoms with Crippen molar-refractivity contribution >= 4 is 15.7 Å². The van der Waals surface area contributed by atoms with E-state index in [9.17, 15) is 8.42 Å². The molecule has 0 radical (unpaired) electrons. The summed E-state index contributed by atoms with van der Waals surface area (Å²) in [6.45, 7) is 6.99. The van der Waals surface area contributed by atoms with E-state index in [1.165, 1.54) is 6.20 Å². The zero-order valence-electron chi connectivity index (χ0n) is 15.4. The summed E-state index contributed by atoms with van der Waals surface area (Å²) in [5, 5.41) is 0. The SMILES string of the molecule is CCCN1CC(c2cc(NS(=O)(=O)c3cccc(C)c3)cnc2OC)C1. The van der Waals surface area contributed by atoms with E-state index >= 15 is 0 Å². The van der Waals surface area contributed by atoms with Gasteiger partial charge in [0.05, 0.1) is 23.9 Å². The summed E-state index contributed by atoms with van der Waals surface area (Å²) in [6.07, 6.45) is 2.62. The topological polar surface area (TPSA) is 71.5 Å². The summed E-state index contributed by atoms with van der Waals surface area (Å²) in [4.78, 5) is 6.91. The third-order valence-corrected chi connectivity index (χ3v) is 5.94. The molecule has 1 fully saturated rings. The van der Waals surface area contributed by atoms with E-state index in [0.29, 0.717) is 17.5 Å². The molecule has 2 aromatic rings. The molecular formula is C19H25N3O3S. The molecule has 1 saturated heterocycles. The molecule has 26 heavy (non-hydrogen) atoms. The standard InChI is InChI=1S/C19H25N3O3S/c1-4-8-22-12-15(13-22)18-10-16(11-20-19(18)25-3)21-26(23,24)17-7-5-6-14(2)9-17/h5-7,9-11,15,21H,4,8,12-13H2,1-3H3. The Morgan fingerprint density at radius 3 is 2.73 bits per heavy atom. The van der Waals surface area contributed by atoms with Crippen molar-refractivity contribution in [2.24, 2.45) is 0 Å². The molecule has 1 N–H and O–H groups in total. The van der Waals surface area contributed by atoms with E-state index in [2.05, 4.69) is 21.5 Å². The van der Waals surface area contributed by atoms with E-state index in [-0.39, 0.29) is 4.90 Å². The molecule has 1 aromatic heterocycles. The molecule has 1 aliphatic rings. The summed E-state index contributed by atoms with van der Waals surface area (Å²) >= 11 is 0. The van der Waals surface area contributed by atoms with Gasteiger partial charge in [-0.2, -0.15) is 0 Å². The number of anilines is 1. The van der Waals surface area contributed by atoms with Crippen molar-refractivity contribution in [1.82, 2.24) is 9.88 Å². The zero-order chi connectivity index (χ0) is 18.7. The molecule has 7 heteroatoms. The van der Waals surface area contributed by atoms with Crippen molar-refractivity contribution in [1.29, 1.82) is 0 Å². The molecule has 0 bridgehead atoms. The molecule has 140 valence electrons. The molecule has 0 atom stereocenters. The van der Waals surface area contributed by atoms with Gasteiger partial charge in [0.1, 0.15) is 0 Å². The van der Waals surface area contributed by atoms with Gasteiger partial charge in [0, 0.05) is 24.6 Å². The van der Waals surface area contributed by atoms with Gasteiger partial charge in [-0.15, -0.1) is 0 Å². The van der Waals surface area contributed by atoms with E-state index in [0.717, 1.165) is 37.2 Å². The van der Waals surface area contributed by atoms with Crippen molar-refractivity contribution in [3.8, 4) is 5.88 Å². The number of nitrogens with one attached hydrogen (secondary N) is 1. The minimum absolute atomic E-state index is 0.243. The maximum Gasteiger partial charge on any atom is 0.261 e. The van der Waals surface area contributed by atoms with E-state index in [1.807, 2.05) is 19.1 Å². The fourth-order valence-corrected chi connectivity index (χ4v) is 4.39. The molecule has 0 saturated carbocycles. The summed E-state index contributed by atoms with van der Waals surface area (Å²) in [5.74, 6) is 0.872. The van der Waals surface area contributed by atoms with Crippen LogP contribution in [0.5, 0.6) is 5.88 Å². The van der Waals surface area contributed by atoms with Crippen molar-refractivity contribution in [2.75, 3.05) is 31.5 Å². The van der Waals surface area contributed by atoms with Crippen molar-refractivity contribution < 1.29 is 13.2 Å². The third kappa shape index (κ3) is 3.99. The Hall–Kier alpha value is -2.12. The van der Waals surface area contributed by atoms with Crippen LogP contribution in [0.15, 0.2) is 41.4 Å². The predicted octanol–water partition coefficient (Wildman–Crippen LogP) is 3.01. The number of pyridine rings is 1. The van der Waals surface area contributed by atoms with Gasteiger partial charge < -0.3 is 9.64 Å². The lowest BCUT2D eigenvalue weighted by Gasteiger charge is -2.39. The number of hydrogen-bond donors (Lipinski definition) is 1. The van der Waals surface area contributed by atoms with Crippen molar-refractivity contribution in [3.05, 3.63) is 47.7 Å². The lowest BCUT2D eigenvalue weighted by molar-refractivity contribution is 0.146. The monoisotopic (exact) mass is 375 g/mol. The van der Waals surface area contributed by atoms with Crippen LogP contribution in [0.2, 0.25) is 0 Å². The van der Waals surface area contributed by atoms with E-state index < -0.39 is 10.0 Å². The van der Waals surface area contributed by atoms with Crippen LogP contribution in [0.25, 0.3) is 0 Å². The molecule has 0 unspecified atom stereocenters. The van der Waals surface area contributed by atoms with Crippen LogP contribution >= 0.6 is 0 Å². The van der Waals surface area contributed by atoms with Crippen LogP contribution < -0.4 is 9.46 Å². The first-order valence-corrected chi connectivity index (χ1v) is 10.3. The highest BCUT2D eigenvalue weighted by atomic mass is 32.2. The summed E-state index contributed by atoms with van der Waals surface area (Å²) in [5.41, 5.74) is 2.30. The first kappa shape index (κ1) is 18.7. The largest absolute Gasteiger partial charge is 0.481 e. The lowest BCUT2D eigenvalue weighted by atomic mass is 9.92. The smallest absolute Gasteiger partial charge is 0.261 e. The Bertz CT molecular complexity index is 877. The predicted molar refractivity (Wildman–Crippen MR) is 102 cm³/mol. The molecule has 6 nitrogen and oxygen atoms in total. The lowest BCUT2D eigenvalue weighted by Crippen LogP contribution is -2.45. The minimum Gasteiger partial charge on any atom is -0.481 e. The fourth-order valence-electron chi connectivity index (χ4n) is 3.25. The number of aromatic nitrogens is 1. The number of sulfonamides is 1. The van der Waals surface area contributed by atoms with Gasteiger partial charge >= 0.3 is 0 Å². The zero-order valence-corrected chi connectivity index (χ0v) is 16.2. The van der Waals surface area contributed by atoms with Gasteiger partial charge in [0.15, 0.2) is 0 Å². The van der Waals surface area contributed by atoms with Crippen LogP contribution in [-0.4, -0.2) is 45.0 Å². The number of ether oxygens (including phenoxy) is 1. The van der Waals surface area contributed by atoms with Crippen LogP contribution in [0, 0.1) is 6.92 Å². The number of likely N-dealkylation sites (tertiary alicyclic amines) is 1. The third-order valence-electron chi connectivity index (χ3n) is 4.56. The maximum atomic E-state index is 12.6. The second-order valence-corrected chi connectivity index (χ2v) is 8.38. The molecule has 2 heterocycles. The summed E-state index contributed by atoms with van der Waals surface area (Å²) in [7, 11) is -2.06. The Labute approximate surface area is 155 Å². The Morgan fingerprint density at radius 2 is 2.08 bits per heavy atom. The van der Waals surface area contributed by atoms with Gasteiger partial charge in [-0.25, -0.2) is 13.4 Å². The van der Waals surface area contributed by atoms with Crippen molar-refractivity contribution in [2.45, 2.75) is 31.1 Å². The normalized spacial score (nSPS) is 15.5. The summed E-state index contributed by atoms with van der Waals surface area (Å²) < 4.78 is 33.3. The molecule has 0 aliphatic carbocycles. The highest BCUT2D eigenvalue weighted by molar-refractivity contribution is 7.92. The maximum absolute atomic E-state index is 12.6. The van der Waals surface area contributed by atoms with Gasteiger partial charge in [0.2, 0.25) is 5.88 Å². The van der Waals surface area contributed by atoms with E-state index in [1.54, 1.807) is 25.3 Å². The molecule has 1 aromatic carbocycles. The molecule has 3 rings (SSSR count). The first-order valence-electron chi connectivity index (χ1n) is 8.78. The highest BCUT2D eigenvalue weighted by Gasteiger charge is 2.30. The fraction of sp³-hybridized carbons (Fsp3) is 0.421. The Kier molecular flexibility index (Phi) is 5.48. The average molecular weight is 375 g/mol. The van der Waals surface area contributed by atoms with Crippen molar-refractivity contribution in [3.63, 3.8) is 0 Å². The molecular weight excluding hydrogens is 350 g/mol. The number of methoxy groups -OCH3 is 1. The van der Waals surface area contributed by atoms with Gasteiger partial charge in [-0.05, 0) is 43.7 Å². The summed E-state index contributed by atoms with van der Waals surface area (Å²) in [6, 6.07) is 8.67. The van der Waals surface area contributed by atoms with Crippen LogP contribution in [-0.2, 0) is 10.0 Å². The molecule has 0 amide bonds. The highest BCUT2D eigenvalue weighted by Crippen LogP contribution is 2.34. The molecule has 1 aliphatic heterocycles. The minimum atomic E-state index is -3.65. The van der Waals surface area contributed by atoms with E-state index in [4.69, 9.17) is 4.74 Å². The number of hydrogen-bond acceptors (Lipinski definition) is 5. The van der Waals surface area contributed by atoms with Crippen LogP contribution in [0.3, 0.4) is 0 Å². The molecule has 0 spiro atoms. The Balaban J connectivity index is 1.82. The van der Waals surface area contributed by atoms with Gasteiger partial charge in [0.25, 0.3) is 10.0 Å². The first-order chi connectivity index (χ1) is 12.4. The number of nitrogens with zero attached hydrogens (tertiary/aromatic N) is 2. The quantitative estimate of drug-likeness (QED) is 0.805. The van der Waals surface area contributed by atoms with Gasteiger partial charge in [-0.3, -0.25) is 4.72 Å². The Morgan fingerprint density at radius 1 is 1.31 bits per heavy atom. The second-order valence-electron chi connectivity index (χ2n) is 6.70.